The first kappa shape index (κ1) is 17.3. The standard InChI is InChI=1S/C21H20BrClO2/c22-17-7-8-19(23)18(11-17)20(24)15-5-3-14(4-6-15)16-12-21(25-13-16)9-1-2-10-21/h3-8,11,16H,1-2,9-10,12-13H2. The Hall–Kier alpha value is -1.16. The summed E-state index contributed by atoms with van der Waals surface area (Å²) in [5.74, 6) is 0.393. The van der Waals surface area contributed by atoms with Crippen molar-refractivity contribution in [1.82, 2.24) is 0 Å². The minimum Gasteiger partial charge on any atom is -0.374 e. The van der Waals surface area contributed by atoms with Crippen LogP contribution in [0, 0.1) is 0 Å². The minimum absolute atomic E-state index is 0.0483. The van der Waals surface area contributed by atoms with Crippen LogP contribution in [0.2, 0.25) is 5.02 Å². The highest BCUT2D eigenvalue weighted by molar-refractivity contribution is 9.10. The van der Waals surface area contributed by atoms with E-state index in [0.29, 0.717) is 22.1 Å². The molecular formula is C21H20BrClO2. The Kier molecular flexibility index (Phi) is 4.74. The lowest BCUT2D eigenvalue weighted by molar-refractivity contribution is 0.0101. The van der Waals surface area contributed by atoms with Crippen molar-refractivity contribution < 1.29 is 9.53 Å². The van der Waals surface area contributed by atoms with Crippen molar-refractivity contribution in [2.24, 2.45) is 0 Å². The summed E-state index contributed by atoms with van der Waals surface area (Å²) < 4.78 is 7.00. The van der Waals surface area contributed by atoms with E-state index in [0.717, 1.165) is 17.5 Å². The van der Waals surface area contributed by atoms with Crippen LogP contribution in [0.5, 0.6) is 0 Å². The van der Waals surface area contributed by atoms with Crippen LogP contribution in [-0.4, -0.2) is 18.0 Å². The van der Waals surface area contributed by atoms with Gasteiger partial charge in [0.25, 0.3) is 0 Å². The third-order valence-electron chi connectivity index (χ3n) is 5.54. The van der Waals surface area contributed by atoms with Crippen molar-refractivity contribution in [3.05, 3.63) is 68.7 Å². The molecule has 0 aromatic heterocycles. The zero-order valence-electron chi connectivity index (χ0n) is 13.9. The number of ketones is 1. The predicted molar refractivity (Wildman–Crippen MR) is 104 cm³/mol. The molecule has 2 aromatic rings. The molecule has 1 spiro atoms. The first-order valence-electron chi connectivity index (χ1n) is 8.80. The van der Waals surface area contributed by atoms with Crippen LogP contribution in [0.4, 0.5) is 0 Å². The van der Waals surface area contributed by atoms with Gasteiger partial charge in [-0.05, 0) is 43.0 Å². The number of hydrogen-bond acceptors (Lipinski definition) is 2. The molecule has 1 saturated carbocycles. The fourth-order valence-electron chi connectivity index (χ4n) is 4.16. The van der Waals surface area contributed by atoms with E-state index in [1.54, 1.807) is 12.1 Å². The van der Waals surface area contributed by atoms with Gasteiger partial charge in [-0.2, -0.15) is 0 Å². The summed E-state index contributed by atoms with van der Waals surface area (Å²) in [7, 11) is 0. The van der Waals surface area contributed by atoms with Gasteiger partial charge < -0.3 is 4.74 Å². The molecule has 1 saturated heterocycles. The molecule has 0 N–H and O–H groups in total. The molecule has 1 heterocycles. The van der Waals surface area contributed by atoms with Crippen LogP contribution in [-0.2, 0) is 4.74 Å². The lowest BCUT2D eigenvalue weighted by atomic mass is 9.88. The predicted octanol–water partition coefficient (Wildman–Crippen LogP) is 6.15. The average Bonchev–Trinajstić information content (AvgIpc) is 3.27. The molecule has 1 aliphatic heterocycles. The number of rotatable bonds is 3. The molecule has 2 nitrogen and oxygen atoms in total. The number of halogens is 2. The average molecular weight is 420 g/mol. The normalized spacial score (nSPS) is 21.8. The van der Waals surface area contributed by atoms with Crippen molar-refractivity contribution in [3.8, 4) is 0 Å². The van der Waals surface area contributed by atoms with Gasteiger partial charge in [0.15, 0.2) is 5.78 Å². The van der Waals surface area contributed by atoms with Gasteiger partial charge in [-0.1, -0.05) is 64.6 Å². The summed E-state index contributed by atoms with van der Waals surface area (Å²) in [6, 6.07) is 13.3. The number of carbonyl (C=O) groups is 1. The third kappa shape index (κ3) is 3.42. The molecule has 0 amide bonds. The number of ether oxygens (including phenoxy) is 1. The molecule has 0 radical (unpaired) electrons. The molecule has 4 heteroatoms. The van der Waals surface area contributed by atoms with E-state index in [9.17, 15) is 4.79 Å². The summed E-state index contributed by atoms with van der Waals surface area (Å²) in [6.07, 6.45) is 6.07. The second-order valence-corrected chi connectivity index (χ2v) is 8.50. The summed E-state index contributed by atoms with van der Waals surface area (Å²) >= 11 is 9.58. The Morgan fingerprint density at radius 1 is 1.12 bits per heavy atom. The third-order valence-corrected chi connectivity index (χ3v) is 6.36. The molecule has 4 rings (SSSR count). The first-order chi connectivity index (χ1) is 12.1. The Balaban J connectivity index is 1.52. The molecular weight excluding hydrogens is 400 g/mol. The molecule has 1 unspecified atom stereocenters. The van der Waals surface area contributed by atoms with Gasteiger partial charge in [-0.15, -0.1) is 0 Å². The zero-order valence-corrected chi connectivity index (χ0v) is 16.3. The van der Waals surface area contributed by atoms with Crippen molar-refractivity contribution in [3.63, 3.8) is 0 Å². The Bertz CT molecular complexity index is 794. The second kappa shape index (κ2) is 6.86. The van der Waals surface area contributed by atoms with Crippen molar-refractivity contribution >= 4 is 33.3 Å². The van der Waals surface area contributed by atoms with Gasteiger partial charge in [0.2, 0.25) is 0 Å². The lowest BCUT2D eigenvalue weighted by Crippen LogP contribution is -2.22. The van der Waals surface area contributed by atoms with E-state index in [1.807, 2.05) is 18.2 Å². The molecule has 2 aromatic carbocycles. The molecule has 25 heavy (non-hydrogen) atoms. The Labute approximate surface area is 161 Å². The highest BCUT2D eigenvalue weighted by Gasteiger charge is 2.42. The maximum absolute atomic E-state index is 12.7. The van der Waals surface area contributed by atoms with Gasteiger partial charge in [0.05, 0.1) is 17.2 Å². The number of benzene rings is 2. The quantitative estimate of drug-likeness (QED) is 0.558. The van der Waals surface area contributed by atoms with Crippen LogP contribution in [0.25, 0.3) is 0 Å². The fourth-order valence-corrected chi connectivity index (χ4v) is 4.72. The number of hydrogen-bond donors (Lipinski definition) is 0. The van der Waals surface area contributed by atoms with E-state index < -0.39 is 0 Å². The largest absolute Gasteiger partial charge is 0.374 e. The minimum atomic E-state index is -0.0483. The van der Waals surface area contributed by atoms with E-state index in [4.69, 9.17) is 16.3 Å². The van der Waals surface area contributed by atoms with Gasteiger partial charge in [-0.25, -0.2) is 0 Å². The lowest BCUT2D eigenvalue weighted by Gasteiger charge is -2.21. The van der Waals surface area contributed by atoms with E-state index in [2.05, 4.69) is 28.1 Å². The summed E-state index contributed by atoms with van der Waals surface area (Å²) in [6.45, 7) is 0.796. The summed E-state index contributed by atoms with van der Waals surface area (Å²) in [5, 5.41) is 0.477. The van der Waals surface area contributed by atoms with Crippen molar-refractivity contribution in [2.75, 3.05) is 6.61 Å². The molecule has 2 aliphatic rings. The molecule has 1 aliphatic carbocycles. The number of carbonyl (C=O) groups excluding carboxylic acids is 1. The summed E-state index contributed by atoms with van der Waals surface area (Å²) in [4.78, 5) is 12.7. The monoisotopic (exact) mass is 418 g/mol. The smallest absolute Gasteiger partial charge is 0.194 e. The highest BCUT2D eigenvalue weighted by Crippen LogP contribution is 2.46. The molecule has 0 bridgehead atoms. The Morgan fingerprint density at radius 2 is 1.84 bits per heavy atom. The fraction of sp³-hybridized carbons (Fsp3) is 0.381. The van der Waals surface area contributed by atoms with E-state index in [1.165, 1.54) is 31.2 Å². The van der Waals surface area contributed by atoms with Crippen LogP contribution in [0.15, 0.2) is 46.9 Å². The summed E-state index contributed by atoms with van der Waals surface area (Å²) in [5.41, 5.74) is 2.58. The van der Waals surface area contributed by atoms with Gasteiger partial charge in [0.1, 0.15) is 0 Å². The van der Waals surface area contributed by atoms with Crippen LogP contribution >= 0.6 is 27.5 Å². The van der Waals surface area contributed by atoms with Crippen LogP contribution < -0.4 is 0 Å². The zero-order chi connectivity index (χ0) is 17.4. The van der Waals surface area contributed by atoms with E-state index in [-0.39, 0.29) is 11.4 Å². The van der Waals surface area contributed by atoms with Gasteiger partial charge in [0, 0.05) is 21.5 Å². The molecule has 130 valence electrons. The molecule has 2 fully saturated rings. The highest BCUT2D eigenvalue weighted by atomic mass is 79.9. The van der Waals surface area contributed by atoms with Crippen molar-refractivity contribution in [2.45, 2.75) is 43.6 Å². The SMILES string of the molecule is O=C(c1ccc(C2COC3(CCCC3)C2)cc1)c1cc(Br)ccc1Cl. The topological polar surface area (TPSA) is 26.3 Å². The van der Waals surface area contributed by atoms with Gasteiger partial charge in [-0.3, -0.25) is 4.79 Å². The first-order valence-corrected chi connectivity index (χ1v) is 9.97. The van der Waals surface area contributed by atoms with Crippen molar-refractivity contribution in [1.29, 1.82) is 0 Å². The van der Waals surface area contributed by atoms with Crippen LogP contribution in [0.3, 0.4) is 0 Å². The Morgan fingerprint density at radius 3 is 2.56 bits per heavy atom. The van der Waals surface area contributed by atoms with E-state index >= 15 is 0 Å². The second-order valence-electron chi connectivity index (χ2n) is 7.18. The van der Waals surface area contributed by atoms with Gasteiger partial charge >= 0.3 is 0 Å². The maximum Gasteiger partial charge on any atom is 0.194 e. The molecule has 1 atom stereocenters. The maximum atomic E-state index is 12.7. The van der Waals surface area contributed by atoms with Crippen LogP contribution in [0.1, 0.15) is 59.5 Å².